The molecule has 2 saturated carbocycles. The lowest BCUT2D eigenvalue weighted by Crippen LogP contribution is -2.42. The van der Waals surface area contributed by atoms with Crippen LogP contribution in [0.15, 0.2) is 24.3 Å². The molecule has 0 atom stereocenters. The maximum atomic E-state index is 9.70. The molecule has 2 aliphatic carbocycles. The van der Waals surface area contributed by atoms with Crippen molar-refractivity contribution in [2.75, 3.05) is 13.2 Å². The largest absolute Gasteiger partial charge is 0.390 e. The molecule has 0 heterocycles. The van der Waals surface area contributed by atoms with Crippen LogP contribution in [-0.2, 0) is 22.7 Å². The standard InChI is InChI=1S/C20H30O4/c1-19(21)7-17(8-19)13-23-11-15-3-5-16(6-4-15)12-24-14-18-9-20(2,22)10-18/h3-6,17-18,21-22H,7-14H2,1-2H3. The molecule has 1 aromatic rings. The zero-order valence-corrected chi connectivity index (χ0v) is 14.8. The van der Waals surface area contributed by atoms with Crippen molar-refractivity contribution < 1.29 is 19.7 Å². The summed E-state index contributed by atoms with van der Waals surface area (Å²) in [7, 11) is 0. The summed E-state index contributed by atoms with van der Waals surface area (Å²) in [5, 5.41) is 19.4. The summed E-state index contributed by atoms with van der Waals surface area (Å²) in [6.07, 6.45) is 3.39. The van der Waals surface area contributed by atoms with Gasteiger partial charge < -0.3 is 19.7 Å². The molecule has 4 nitrogen and oxygen atoms in total. The van der Waals surface area contributed by atoms with E-state index in [-0.39, 0.29) is 0 Å². The molecule has 0 aliphatic heterocycles. The highest BCUT2D eigenvalue weighted by molar-refractivity contribution is 5.21. The van der Waals surface area contributed by atoms with Gasteiger partial charge in [-0.15, -0.1) is 0 Å². The van der Waals surface area contributed by atoms with Gasteiger partial charge >= 0.3 is 0 Å². The van der Waals surface area contributed by atoms with Crippen LogP contribution in [0.3, 0.4) is 0 Å². The minimum Gasteiger partial charge on any atom is -0.390 e. The van der Waals surface area contributed by atoms with Crippen molar-refractivity contribution in [1.29, 1.82) is 0 Å². The summed E-state index contributed by atoms with van der Waals surface area (Å²) in [4.78, 5) is 0. The first-order chi connectivity index (χ1) is 11.3. The Morgan fingerprint density at radius 3 is 1.42 bits per heavy atom. The molecule has 134 valence electrons. The molecule has 0 aromatic heterocycles. The number of benzene rings is 1. The second-order valence-electron chi connectivity index (χ2n) is 8.39. The van der Waals surface area contributed by atoms with Crippen LogP contribution in [0.1, 0.15) is 50.7 Å². The lowest BCUT2D eigenvalue weighted by Gasteiger charge is -2.40. The van der Waals surface area contributed by atoms with E-state index in [0.29, 0.717) is 25.0 Å². The number of rotatable bonds is 8. The van der Waals surface area contributed by atoms with Crippen LogP contribution in [-0.4, -0.2) is 34.6 Å². The maximum absolute atomic E-state index is 9.70. The summed E-state index contributed by atoms with van der Waals surface area (Å²) in [6.45, 7) is 6.47. The fourth-order valence-electron chi connectivity index (χ4n) is 4.02. The Morgan fingerprint density at radius 2 is 1.12 bits per heavy atom. The average Bonchev–Trinajstić information content (AvgIpc) is 2.45. The SMILES string of the molecule is CC1(O)CC(COCc2ccc(COCC3CC(C)(O)C3)cc2)C1. The molecule has 0 amide bonds. The molecular weight excluding hydrogens is 304 g/mol. The van der Waals surface area contributed by atoms with Gasteiger partial charge in [0.2, 0.25) is 0 Å². The van der Waals surface area contributed by atoms with Crippen LogP contribution in [0.25, 0.3) is 0 Å². The number of hydrogen-bond acceptors (Lipinski definition) is 4. The Balaban J connectivity index is 1.29. The van der Waals surface area contributed by atoms with Crippen molar-refractivity contribution in [3.05, 3.63) is 35.4 Å². The molecule has 1 aromatic carbocycles. The van der Waals surface area contributed by atoms with Gasteiger partial charge in [-0.05, 0) is 62.5 Å². The molecule has 0 radical (unpaired) electrons. The van der Waals surface area contributed by atoms with Gasteiger partial charge in [0.15, 0.2) is 0 Å². The highest BCUT2D eigenvalue weighted by atomic mass is 16.5. The Kier molecular flexibility index (Phi) is 5.30. The summed E-state index contributed by atoms with van der Waals surface area (Å²) in [5.41, 5.74) is 1.40. The van der Waals surface area contributed by atoms with Gasteiger partial charge in [0.05, 0.1) is 37.6 Å². The van der Waals surface area contributed by atoms with E-state index in [1.807, 2.05) is 13.8 Å². The molecule has 24 heavy (non-hydrogen) atoms. The van der Waals surface area contributed by atoms with Gasteiger partial charge in [-0.25, -0.2) is 0 Å². The monoisotopic (exact) mass is 334 g/mol. The number of aliphatic hydroxyl groups is 2. The zero-order chi connectivity index (χ0) is 17.2. The topological polar surface area (TPSA) is 58.9 Å². The van der Waals surface area contributed by atoms with E-state index in [1.165, 1.54) is 11.1 Å². The third-order valence-corrected chi connectivity index (χ3v) is 5.18. The first-order valence-electron chi connectivity index (χ1n) is 8.99. The van der Waals surface area contributed by atoms with Crippen LogP contribution >= 0.6 is 0 Å². The Morgan fingerprint density at radius 1 is 0.792 bits per heavy atom. The van der Waals surface area contributed by atoms with Crippen LogP contribution in [0.5, 0.6) is 0 Å². The van der Waals surface area contributed by atoms with Gasteiger partial charge in [0.25, 0.3) is 0 Å². The average molecular weight is 334 g/mol. The van der Waals surface area contributed by atoms with Crippen LogP contribution < -0.4 is 0 Å². The van der Waals surface area contributed by atoms with Gasteiger partial charge in [-0.1, -0.05) is 24.3 Å². The molecular formula is C20H30O4. The molecule has 0 spiro atoms. The van der Waals surface area contributed by atoms with Gasteiger partial charge in [0, 0.05) is 0 Å². The molecule has 0 bridgehead atoms. The third kappa shape index (κ3) is 5.03. The Hall–Kier alpha value is -0.940. The molecule has 0 unspecified atom stereocenters. The van der Waals surface area contributed by atoms with E-state index in [0.717, 1.165) is 38.9 Å². The summed E-state index contributed by atoms with van der Waals surface area (Å²) >= 11 is 0. The third-order valence-electron chi connectivity index (χ3n) is 5.18. The lowest BCUT2D eigenvalue weighted by molar-refractivity contribution is -0.0855. The maximum Gasteiger partial charge on any atom is 0.0717 e. The fourth-order valence-corrected chi connectivity index (χ4v) is 4.02. The van der Waals surface area contributed by atoms with E-state index < -0.39 is 11.2 Å². The highest BCUT2D eigenvalue weighted by Crippen LogP contribution is 2.38. The summed E-state index contributed by atoms with van der Waals surface area (Å²) in [5.74, 6) is 1.000. The predicted octanol–water partition coefficient (Wildman–Crippen LogP) is 3.04. The number of hydrogen-bond donors (Lipinski definition) is 2. The Labute approximate surface area is 144 Å². The predicted molar refractivity (Wildman–Crippen MR) is 92.4 cm³/mol. The first-order valence-corrected chi connectivity index (χ1v) is 8.99. The highest BCUT2D eigenvalue weighted by Gasteiger charge is 2.38. The lowest BCUT2D eigenvalue weighted by atomic mass is 9.73. The van der Waals surface area contributed by atoms with Crippen LogP contribution in [0.2, 0.25) is 0 Å². The van der Waals surface area contributed by atoms with E-state index in [4.69, 9.17) is 9.47 Å². The smallest absolute Gasteiger partial charge is 0.0717 e. The fraction of sp³-hybridized carbons (Fsp3) is 0.700. The van der Waals surface area contributed by atoms with Crippen molar-refractivity contribution >= 4 is 0 Å². The minimum atomic E-state index is -0.467. The minimum absolute atomic E-state index is 0.467. The van der Waals surface area contributed by atoms with E-state index in [1.54, 1.807) is 0 Å². The zero-order valence-electron chi connectivity index (χ0n) is 14.8. The van der Waals surface area contributed by atoms with E-state index >= 15 is 0 Å². The van der Waals surface area contributed by atoms with Crippen LogP contribution in [0, 0.1) is 11.8 Å². The normalized spacial score (nSPS) is 35.3. The molecule has 2 fully saturated rings. The molecule has 2 aliphatic rings. The van der Waals surface area contributed by atoms with Gasteiger partial charge in [-0.2, -0.15) is 0 Å². The second-order valence-corrected chi connectivity index (χ2v) is 8.39. The molecule has 3 rings (SSSR count). The van der Waals surface area contributed by atoms with Gasteiger partial charge in [-0.3, -0.25) is 0 Å². The number of ether oxygens (including phenoxy) is 2. The summed E-state index contributed by atoms with van der Waals surface area (Å²) in [6, 6.07) is 8.35. The quantitative estimate of drug-likeness (QED) is 0.767. The van der Waals surface area contributed by atoms with Crippen molar-refractivity contribution in [3.63, 3.8) is 0 Å². The first kappa shape index (κ1) is 17.9. The van der Waals surface area contributed by atoms with Crippen LogP contribution in [0.4, 0.5) is 0 Å². The molecule has 0 saturated heterocycles. The molecule has 2 N–H and O–H groups in total. The van der Waals surface area contributed by atoms with Crippen molar-refractivity contribution in [2.45, 2.75) is 63.9 Å². The Bertz CT molecular complexity index is 470. The van der Waals surface area contributed by atoms with Crippen molar-refractivity contribution in [1.82, 2.24) is 0 Å². The second kappa shape index (κ2) is 7.12. The van der Waals surface area contributed by atoms with Gasteiger partial charge in [0.1, 0.15) is 0 Å². The van der Waals surface area contributed by atoms with E-state index in [9.17, 15) is 10.2 Å². The molecule has 4 heteroatoms. The summed E-state index contributed by atoms with van der Waals surface area (Å²) < 4.78 is 11.5. The van der Waals surface area contributed by atoms with Crippen molar-refractivity contribution in [3.8, 4) is 0 Å². The van der Waals surface area contributed by atoms with Crippen molar-refractivity contribution in [2.24, 2.45) is 11.8 Å². The van der Waals surface area contributed by atoms with E-state index in [2.05, 4.69) is 24.3 Å².